The van der Waals surface area contributed by atoms with Gasteiger partial charge in [0.25, 0.3) is 11.8 Å². The highest BCUT2D eigenvalue weighted by atomic mass is 16.5. The second-order valence-electron chi connectivity index (χ2n) is 8.52. The first-order valence-corrected chi connectivity index (χ1v) is 10.8. The molecule has 2 amide bonds. The minimum atomic E-state index is -0.277. The van der Waals surface area contributed by atoms with E-state index in [9.17, 15) is 9.59 Å². The van der Waals surface area contributed by atoms with Crippen LogP contribution < -0.4 is 9.64 Å². The number of ether oxygens (including phenoxy) is 1. The van der Waals surface area contributed by atoms with Gasteiger partial charge in [0.1, 0.15) is 11.4 Å². The summed E-state index contributed by atoms with van der Waals surface area (Å²) in [6, 6.07) is 16.6. The van der Waals surface area contributed by atoms with E-state index in [1.807, 2.05) is 42.5 Å². The summed E-state index contributed by atoms with van der Waals surface area (Å²) < 4.78 is 5.78. The highest BCUT2D eigenvalue weighted by molar-refractivity contribution is 6.45. The van der Waals surface area contributed by atoms with Crippen molar-refractivity contribution in [3.63, 3.8) is 0 Å². The number of rotatable bonds is 6. The van der Waals surface area contributed by atoms with Gasteiger partial charge in [-0.3, -0.25) is 9.59 Å². The Morgan fingerprint density at radius 2 is 1.52 bits per heavy atom. The smallest absolute Gasteiger partial charge is 0.282 e. The van der Waals surface area contributed by atoms with Crippen LogP contribution in [0.2, 0.25) is 0 Å². The average molecular weight is 420 g/mol. The molecular formula is C25H29N3O3. The Kier molecular flexibility index (Phi) is 6.09. The number of amides is 2. The van der Waals surface area contributed by atoms with Crippen LogP contribution >= 0.6 is 0 Å². The first-order chi connectivity index (χ1) is 15.0. The van der Waals surface area contributed by atoms with Gasteiger partial charge < -0.3 is 14.5 Å². The van der Waals surface area contributed by atoms with Crippen LogP contribution in [0.5, 0.6) is 5.75 Å². The quantitative estimate of drug-likeness (QED) is 0.673. The topological polar surface area (TPSA) is 53.1 Å². The third-order valence-corrected chi connectivity index (χ3v) is 5.62. The first-order valence-electron chi connectivity index (χ1n) is 10.8. The molecule has 2 heterocycles. The standard InChI is InChI=1S/C25H29N3O3/c1-18(2)17-31-21-11-9-19(10-12-21)22-23(27-15-13-26(3)14-16-27)25(30)28(24(22)29)20-7-5-4-6-8-20/h4-12,18H,13-17H2,1-3H3. The zero-order valence-corrected chi connectivity index (χ0v) is 18.4. The number of nitrogens with zero attached hydrogens (tertiary/aromatic N) is 3. The normalized spacial score (nSPS) is 17.8. The number of anilines is 1. The summed E-state index contributed by atoms with van der Waals surface area (Å²) in [5, 5.41) is 0. The lowest BCUT2D eigenvalue weighted by Crippen LogP contribution is -2.46. The molecule has 0 aliphatic carbocycles. The molecule has 0 radical (unpaired) electrons. The molecule has 6 nitrogen and oxygen atoms in total. The fraction of sp³-hybridized carbons (Fsp3) is 0.360. The predicted molar refractivity (Wildman–Crippen MR) is 122 cm³/mol. The molecule has 2 aromatic rings. The summed E-state index contributed by atoms with van der Waals surface area (Å²) in [6.07, 6.45) is 0. The third kappa shape index (κ3) is 4.35. The Morgan fingerprint density at radius 3 is 2.13 bits per heavy atom. The number of carbonyl (C=O) groups excluding carboxylic acids is 2. The Bertz CT molecular complexity index is 975. The van der Waals surface area contributed by atoms with Gasteiger partial charge in [0.15, 0.2) is 0 Å². The van der Waals surface area contributed by atoms with Gasteiger partial charge in [-0.15, -0.1) is 0 Å². The molecule has 0 atom stereocenters. The van der Waals surface area contributed by atoms with E-state index in [2.05, 4.69) is 30.7 Å². The maximum absolute atomic E-state index is 13.5. The molecule has 0 spiro atoms. The molecule has 4 rings (SSSR count). The molecule has 6 heteroatoms. The molecule has 2 aliphatic rings. The number of carbonyl (C=O) groups is 2. The van der Waals surface area contributed by atoms with Gasteiger partial charge in [-0.25, -0.2) is 4.90 Å². The number of likely N-dealkylation sites (N-methyl/N-ethyl adjacent to an activating group) is 1. The van der Waals surface area contributed by atoms with Gasteiger partial charge in [-0.05, 0) is 42.8 Å². The highest BCUT2D eigenvalue weighted by Gasteiger charge is 2.42. The van der Waals surface area contributed by atoms with Gasteiger partial charge in [0.05, 0.1) is 17.9 Å². The van der Waals surface area contributed by atoms with Crippen molar-refractivity contribution in [2.75, 3.05) is 44.7 Å². The molecule has 0 N–H and O–H groups in total. The molecule has 1 saturated heterocycles. The minimum absolute atomic E-state index is 0.254. The predicted octanol–water partition coefficient (Wildman–Crippen LogP) is 3.25. The van der Waals surface area contributed by atoms with Crippen LogP contribution in [0.15, 0.2) is 60.3 Å². The van der Waals surface area contributed by atoms with Crippen LogP contribution in [0.4, 0.5) is 5.69 Å². The lowest BCUT2D eigenvalue weighted by atomic mass is 10.0. The second kappa shape index (κ2) is 8.94. The average Bonchev–Trinajstić information content (AvgIpc) is 3.04. The zero-order valence-electron chi connectivity index (χ0n) is 18.4. The summed E-state index contributed by atoms with van der Waals surface area (Å²) >= 11 is 0. The second-order valence-corrected chi connectivity index (χ2v) is 8.52. The van der Waals surface area contributed by atoms with E-state index in [1.165, 1.54) is 4.90 Å². The SMILES string of the molecule is CC(C)COc1ccc(C2=C(N3CCN(C)CC3)C(=O)N(c3ccccc3)C2=O)cc1. The Balaban J connectivity index is 1.71. The summed E-state index contributed by atoms with van der Waals surface area (Å²) in [5.74, 6) is 0.660. The van der Waals surface area contributed by atoms with Crippen LogP contribution in [-0.4, -0.2) is 61.4 Å². The van der Waals surface area contributed by atoms with Crippen molar-refractivity contribution in [3.05, 3.63) is 65.9 Å². The monoisotopic (exact) mass is 419 g/mol. The van der Waals surface area contributed by atoms with E-state index in [4.69, 9.17) is 4.74 Å². The third-order valence-electron chi connectivity index (χ3n) is 5.62. The summed E-state index contributed by atoms with van der Waals surface area (Å²) in [7, 11) is 2.07. The molecule has 31 heavy (non-hydrogen) atoms. The maximum Gasteiger partial charge on any atom is 0.282 e. The molecule has 2 aliphatic heterocycles. The van der Waals surface area contributed by atoms with Crippen molar-refractivity contribution in [1.82, 2.24) is 9.80 Å². The van der Waals surface area contributed by atoms with Crippen molar-refractivity contribution in [1.29, 1.82) is 0 Å². The number of hydrogen-bond acceptors (Lipinski definition) is 5. The van der Waals surface area contributed by atoms with E-state index >= 15 is 0 Å². The Morgan fingerprint density at radius 1 is 0.871 bits per heavy atom. The summed E-state index contributed by atoms with van der Waals surface area (Å²) in [6.45, 7) is 7.97. The minimum Gasteiger partial charge on any atom is -0.493 e. The Hall–Kier alpha value is -3.12. The van der Waals surface area contributed by atoms with Gasteiger partial charge >= 0.3 is 0 Å². The largest absolute Gasteiger partial charge is 0.493 e. The van der Waals surface area contributed by atoms with Crippen LogP contribution in [-0.2, 0) is 9.59 Å². The molecule has 2 aromatic carbocycles. The van der Waals surface area contributed by atoms with Crippen molar-refractivity contribution in [3.8, 4) is 5.75 Å². The maximum atomic E-state index is 13.5. The summed E-state index contributed by atoms with van der Waals surface area (Å²) in [5.41, 5.74) is 2.30. The van der Waals surface area contributed by atoms with Gasteiger partial charge in [-0.2, -0.15) is 0 Å². The Labute approximate surface area is 183 Å². The van der Waals surface area contributed by atoms with Crippen LogP contribution in [0, 0.1) is 5.92 Å². The van der Waals surface area contributed by atoms with E-state index in [-0.39, 0.29) is 11.8 Å². The fourth-order valence-electron chi connectivity index (χ4n) is 3.89. The van der Waals surface area contributed by atoms with Crippen molar-refractivity contribution in [2.24, 2.45) is 5.92 Å². The van der Waals surface area contributed by atoms with E-state index in [1.54, 1.807) is 12.1 Å². The van der Waals surface area contributed by atoms with E-state index < -0.39 is 0 Å². The first kappa shape index (κ1) is 21.1. The van der Waals surface area contributed by atoms with E-state index in [0.29, 0.717) is 42.6 Å². The zero-order chi connectivity index (χ0) is 22.0. The number of piperazine rings is 1. The number of benzene rings is 2. The van der Waals surface area contributed by atoms with Gasteiger partial charge in [-0.1, -0.05) is 44.2 Å². The molecule has 162 valence electrons. The number of hydrogen-bond donors (Lipinski definition) is 0. The number of imide groups is 1. The van der Waals surface area contributed by atoms with Crippen LogP contribution in [0.25, 0.3) is 5.57 Å². The van der Waals surface area contributed by atoms with Crippen molar-refractivity contribution < 1.29 is 14.3 Å². The van der Waals surface area contributed by atoms with Gasteiger partial charge in [0, 0.05) is 26.2 Å². The van der Waals surface area contributed by atoms with Gasteiger partial charge in [0.2, 0.25) is 0 Å². The van der Waals surface area contributed by atoms with Crippen molar-refractivity contribution >= 4 is 23.1 Å². The van der Waals surface area contributed by atoms with Crippen molar-refractivity contribution in [2.45, 2.75) is 13.8 Å². The molecule has 0 saturated carbocycles. The highest BCUT2D eigenvalue weighted by Crippen LogP contribution is 2.35. The fourth-order valence-corrected chi connectivity index (χ4v) is 3.89. The molecule has 1 fully saturated rings. The molecular weight excluding hydrogens is 390 g/mol. The summed E-state index contributed by atoms with van der Waals surface area (Å²) in [4.78, 5) is 32.6. The number of para-hydroxylation sites is 1. The van der Waals surface area contributed by atoms with Crippen LogP contribution in [0.1, 0.15) is 19.4 Å². The molecule has 0 bridgehead atoms. The lowest BCUT2D eigenvalue weighted by Gasteiger charge is -2.34. The van der Waals surface area contributed by atoms with Crippen LogP contribution in [0.3, 0.4) is 0 Å². The molecule has 0 unspecified atom stereocenters. The molecule has 0 aromatic heterocycles. The van der Waals surface area contributed by atoms with E-state index in [0.717, 1.165) is 24.4 Å². The lowest BCUT2D eigenvalue weighted by molar-refractivity contribution is -0.120.